The molecule has 21 heavy (non-hydrogen) atoms. The van der Waals surface area contributed by atoms with Gasteiger partial charge in [-0.05, 0) is 33.6 Å². The summed E-state index contributed by atoms with van der Waals surface area (Å²) in [5.41, 5.74) is 1.10. The van der Waals surface area contributed by atoms with Gasteiger partial charge in [0.2, 0.25) is 0 Å². The summed E-state index contributed by atoms with van der Waals surface area (Å²) in [5.74, 6) is 1.72. The molecule has 0 aromatic carbocycles. The maximum atomic E-state index is 4.60. The summed E-state index contributed by atoms with van der Waals surface area (Å²) in [7, 11) is 0. The molecule has 0 saturated heterocycles. The van der Waals surface area contributed by atoms with E-state index < -0.39 is 0 Å². The van der Waals surface area contributed by atoms with E-state index in [-0.39, 0.29) is 5.54 Å². The molecule has 1 heterocycles. The maximum Gasteiger partial charge on any atom is 0.147 e. The second-order valence-electron chi connectivity index (χ2n) is 6.69. The zero-order valence-corrected chi connectivity index (χ0v) is 14.6. The molecule has 1 aromatic rings. The van der Waals surface area contributed by atoms with E-state index in [2.05, 4.69) is 61.7 Å². The molecule has 0 unspecified atom stereocenters. The minimum atomic E-state index is 0.102. The fourth-order valence-corrected chi connectivity index (χ4v) is 2.20. The van der Waals surface area contributed by atoms with Gasteiger partial charge in [-0.2, -0.15) is 0 Å². The number of hydrogen-bond donors (Lipinski definition) is 1. The first-order valence-corrected chi connectivity index (χ1v) is 8.20. The highest BCUT2D eigenvalue weighted by molar-refractivity contribution is 5.35. The first-order chi connectivity index (χ1) is 9.89. The Morgan fingerprint density at radius 2 is 1.76 bits per heavy atom. The summed E-state index contributed by atoms with van der Waals surface area (Å²) in [6, 6.07) is 0. The molecule has 0 radical (unpaired) electrons. The third kappa shape index (κ3) is 6.42. The molecule has 0 aliphatic heterocycles. The predicted molar refractivity (Wildman–Crippen MR) is 90.6 cm³/mol. The van der Waals surface area contributed by atoms with Gasteiger partial charge in [0.05, 0.1) is 18.1 Å². The monoisotopic (exact) mass is 292 g/mol. The van der Waals surface area contributed by atoms with Gasteiger partial charge in [0.15, 0.2) is 0 Å². The van der Waals surface area contributed by atoms with Crippen LogP contribution >= 0.6 is 0 Å². The molecule has 1 rings (SSSR count). The maximum absolute atomic E-state index is 4.60. The van der Waals surface area contributed by atoms with Crippen molar-refractivity contribution >= 4 is 5.82 Å². The van der Waals surface area contributed by atoms with E-state index in [1.54, 1.807) is 0 Å². The number of nitrogens with zero attached hydrogens (tertiary/aromatic N) is 3. The van der Waals surface area contributed by atoms with Crippen molar-refractivity contribution in [3.05, 3.63) is 18.1 Å². The van der Waals surface area contributed by atoms with Crippen molar-refractivity contribution in [2.45, 2.75) is 66.5 Å². The van der Waals surface area contributed by atoms with Crippen LogP contribution in [0.15, 0.2) is 12.4 Å². The van der Waals surface area contributed by atoms with Crippen LogP contribution in [0.25, 0.3) is 0 Å². The van der Waals surface area contributed by atoms with Gasteiger partial charge < -0.3 is 10.2 Å². The Bertz CT molecular complexity index is 390. The molecular formula is C17H32N4. The minimum absolute atomic E-state index is 0.102. The van der Waals surface area contributed by atoms with Crippen molar-refractivity contribution in [3.8, 4) is 0 Å². The Morgan fingerprint density at radius 3 is 2.19 bits per heavy atom. The number of hydrogen-bond acceptors (Lipinski definition) is 4. The zero-order valence-electron chi connectivity index (χ0n) is 14.6. The Labute approximate surface area is 130 Å². The van der Waals surface area contributed by atoms with Gasteiger partial charge in [-0.25, -0.2) is 4.98 Å². The highest BCUT2D eigenvalue weighted by atomic mass is 15.2. The van der Waals surface area contributed by atoms with Gasteiger partial charge in [0.1, 0.15) is 5.82 Å². The molecule has 1 N–H and O–H groups in total. The van der Waals surface area contributed by atoms with Crippen LogP contribution in [-0.2, 0) is 6.54 Å². The molecule has 0 spiro atoms. The normalized spacial score (nSPS) is 12.0. The lowest BCUT2D eigenvalue weighted by molar-refractivity contribution is 0.421. The highest BCUT2D eigenvalue weighted by Gasteiger charge is 2.13. The second kappa shape index (κ2) is 8.32. The molecule has 0 bridgehead atoms. The summed E-state index contributed by atoms with van der Waals surface area (Å²) in [6.45, 7) is 16.0. The zero-order chi connectivity index (χ0) is 15.9. The van der Waals surface area contributed by atoms with Gasteiger partial charge in [0.25, 0.3) is 0 Å². The molecule has 0 amide bonds. The Balaban J connectivity index is 2.66. The van der Waals surface area contributed by atoms with E-state index in [1.165, 1.54) is 12.8 Å². The summed E-state index contributed by atoms with van der Waals surface area (Å²) in [6.07, 6.45) is 6.23. The summed E-state index contributed by atoms with van der Waals surface area (Å²) in [5, 5.41) is 3.44. The largest absolute Gasteiger partial charge is 0.355 e. The number of nitrogens with one attached hydrogen (secondary N) is 1. The van der Waals surface area contributed by atoms with Crippen LogP contribution in [0.4, 0.5) is 5.82 Å². The summed E-state index contributed by atoms with van der Waals surface area (Å²) < 4.78 is 0. The average molecular weight is 292 g/mol. The van der Waals surface area contributed by atoms with Crippen molar-refractivity contribution in [2.75, 3.05) is 18.0 Å². The first-order valence-electron chi connectivity index (χ1n) is 8.20. The minimum Gasteiger partial charge on any atom is -0.355 e. The van der Waals surface area contributed by atoms with Crippen LogP contribution in [0.2, 0.25) is 0 Å². The molecular weight excluding hydrogens is 260 g/mol. The van der Waals surface area contributed by atoms with Gasteiger partial charge in [-0.15, -0.1) is 0 Å². The highest BCUT2D eigenvalue weighted by Crippen LogP contribution is 2.15. The lowest BCUT2D eigenvalue weighted by Gasteiger charge is -2.26. The van der Waals surface area contributed by atoms with E-state index in [4.69, 9.17) is 0 Å². The molecule has 120 valence electrons. The second-order valence-corrected chi connectivity index (χ2v) is 6.69. The quantitative estimate of drug-likeness (QED) is 0.794. The van der Waals surface area contributed by atoms with E-state index in [0.717, 1.165) is 37.1 Å². The van der Waals surface area contributed by atoms with Crippen LogP contribution in [0.3, 0.4) is 0 Å². The van der Waals surface area contributed by atoms with E-state index in [9.17, 15) is 0 Å². The average Bonchev–Trinajstić information content (AvgIpc) is 2.46. The van der Waals surface area contributed by atoms with Crippen LogP contribution in [-0.4, -0.2) is 28.6 Å². The fourth-order valence-electron chi connectivity index (χ4n) is 2.20. The lowest BCUT2D eigenvalue weighted by atomic mass is 10.0. The molecule has 1 aromatic heterocycles. The molecule has 0 aliphatic rings. The van der Waals surface area contributed by atoms with E-state index in [1.807, 2.05) is 12.4 Å². The summed E-state index contributed by atoms with van der Waals surface area (Å²) >= 11 is 0. The van der Waals surface area contributed by atoms with Gasteiger partial charge >= 0.3 is 0 Å². The number of rotatable bonds is 8. The molecule has 0 aliphatic carbocycles. The van der Waals surface area contributed by atoms with Gasteiger partial charge in [-0.1, -0.05) is 26.7 Å². The third-order valence-corrected chi connectivity index (χ3v) is 3.83. The third-order valence-electron chi connectivity index (χ3n) is 3.83. The number of aromatic nitrogens is 2. The molecule has 0 saturated carbocycles. The SMILES string of the molecule is CCC(CC)CN(CC)c1cnc(CNC(C)(C)C)cn1. The molecule has 0 atom stereocenters. The van der Waals surface area contributed by atoms with Crippen molar-refractivity contribution < 1.29 is 0 Å². The van der Waals surface area contributed by atoms with E-state index in [0.29, 0.717) is 0 Å². The molecule has 4 nitrogen and oxygen atoms in total. The van der Waals surface area contributed by atoms with Crippen molar-refractivity contribution in [1.29, 1.82) is 0 Å². The van der Waals surface area contributed by atoms with Crippen LogP contribution in [0, 0.1) is 5.92 Å². The van der Waals surface area contributed by atoms with E-state index >= 15 is 0 Å². The fraction of sp³-hybridized carbons (Fsp3) is 0.765. The first kappa shape index (κ1) is 17.9. The van der Waals surface area contributed by atoms with Crippen molar-refractivity contribution in [2.24, 2.45) is 5.92 Å². The van der Waals surface area contributed by atoms with Gasteiger partial charge in [0, 0.05) is 25.2 Å². The van der Waals surface area contributed by atoms with Crippen LogP contribution in [0.1, 0.15) is 60.1 Å². The van der Waals surface area contributed by atoms with Crippen molar-refractivity contribution in [3.63, 3.8) is 0 Å². The lowest BCUT2D eigenvalue weighted by Crippen LogP contribution is -2.35. The topological polar surface area (TPSA) is 41.1 Å². The molecule has 0 fully saturated rings. The smallest absolute Gasteiger partial charge is 0.147 e. The molecule has 4 heteroatoms. The Kier molecular flexibility index (Phi) is 7.09. The van der Waals surface area contributed by atoms with Crippen LogP contribution in [0.5, 0.6) is 0 Å². The van der Waals surface area contributed by atoms with Crippen molar-refractivity contribution in [1.82, 2.24) is 15.3 Å². The Hall–Kier alpha value is -1.16. The van der Waals surface area contributed by atoms with Gasteiger partial charge in [-0.3, -0.25) is 4.98 Å². The Morgan fingerprint density at radius 1 is 1.10 bits per heavy atom. The predicted octanol–water partition coefficient (Wildman–Crippen LogP) is 3.63. The standard InChI is InChI=1S/C17H32N4/c1-7-14(8-2)13-21(9-3)16-12-18-15(10-19-16)11-20-17(4,5)6/h10,12,14,20H,7-9,11,13H2,1-6H3. The summed E-state index contributed by atoms with van der Waals surface area (Å²) in [4.78, 5) is 11.5. The van der Waals surface area contributed by atoms with Crippen LogP contribution < -0.4 is 10.2 Å². The number of anilines is 1.